The summed E-state index contributed by atoms with van der Waals surface area (Å²) in [5, 5.41) is 0. The van der Waals surface area contributed by atoms with E-state index in [4.69, 9.17) is 0 Å². The van der Waals surface area contributed by atoms with Gasteiger partial charge in [-0.3, -0.25) is 9.97 Å². The predicted molar refractivity (Wildman–Crippen MR) is 87.1 cm³/mol. The lowest BCUT2D eigenvalue weighted by molar-refractivity contribution is 1.26. The summed E-state index contributed by atoms with van der Waals surface area (Å²) in [4.78, 5) is 8.80. The van der Waals surface area contributed by atoms with Crippen molar-refractivity contribution in [2.24, 2.45) is 0 Å². The molecular weight excluding hydrogens is 256 g/mol. The van der Waals surface area contributed by atoms with Crippen LogP contribution in [0.2, 0.25) is 0 Å². The second-order valence-electron chi connectivity index (χ2n) is 5.41. The number of hydrogen-bond acceptors (Lipinski definition) is 2. The van der Waals surface area contributed by atoms with Gasteiger partial charge in [0, 0.05) is 29.7 Å². The van der Waals surface area contributed by atoms with E-state index in [1.54, 1.807) is 6.20 Å². The van der Waals surface area contributed by atoms with Gasteiger partial charge in [0.1, 0.15) is 0 Å². The lowest BCUT2D eigenvalue weighted by Gasteiger charge is -2.15. The Bertz CT molecular complexity index is 754. The maximum Gasteiger partial charge on any atom is 0.0795 e. The third-order valence-corrected chi connectivity index (χ3v) is 3.69. The fourth-order valence-corrected chi connectivity index (χ4v) is 2.94. The van der Waals surface area contributed by atoms with Crippen LogP contribution in [0.3, 0.4) is 0 Å². The van der Waals surface area contributed by atoms with Gasteiger partial charge in [-0.05, 0) is 55.7 Å². The molecule has 0 aliphatic heterocycles. The minimum absolute atomic E-state index is 0.987. The van der Waals surface area contributed by atoms with Crippen LogP contribution in [0, 0.1) is 20.8 Å². The molecule has 0 aliphatic carbocycles. The molecule has 0 spiro atoms. The molecule has 3 rings (SSSR count). The first-order valence-electron chi connectivity index (χ1n) is 7.10. The number of aromatic nitrogens is 2. The molecule has 2 heterocycles. The highest BCUT2D eigenvalue weighted by Crippen LogP contribution is 2.34. The van der Waals surface area contributed by atoms with Gasteiger partial charge in [-0.1, -0.05) is 23.8 Å². The smallest absolute Gasteiger partial charge is 0.0795 e. The van der Waals surface area contributed by atoms with Crippen molar-refractivity contribution in [3.05, 3.63) is 71.7 Å². The van der Waals surface area contributed by atoms with Crippen LogP contribution >= 0.6 is 0 Å². The van der Waals surface area contributed by atoms with Gasteiger partial charge in [0.05, 0.1) is 5.69 Å². The van der Waals surface area contributed by atoms with Crippen molar-refractivity contribution in [2.75, 3.05) is 0 Å². The van der Waals surface area contributed by atoms with Gasteiger partial charge in [0.25, 0.3) is 0 Å². The molecule has 0 aliphatic rings. The highest BCUT2D eigenvalue weighted by molar-refractivity contribution is 5.83. The molecular formula is C19H18N2. The molecule has 0 fully saturated rings. The van der Waals surface area contributed by atoms with E-state index < -0.39 is 0 Å². The van der Waals surface area contributed by atoms with Crippen molar-refractivity contribution >= 4 is 0 Å². The Labute approximate surface area is 125 Å². The number of hydrogen-bond donors (Lipinski definition) is 0. The van der Waals surface area contributed by atoms with E-state index in [1.807, 2.05) is 24.5 Å². The van der Waals surface area contributed by atoms with Crippen LogP contribution in [-0.2, 0) is 0 Å². The second kappa shape index (κ2) is 5.49. The standard InChI is InChI=1S/C19H18N2/c1-13-10-14(2)18(15(3)11-13)17-7-5-9-21-19(17)16-6-4-8-20-12-16/h4-12H,1-3H3. The van der Waals surface area contributed by atoms with Crippen LogP contribution in [0.1, 0.15) is 16.7 Å². The lowest BCUT2D eigenvalue weighted by atomic mass is 9.91. The number of benzene rings is 1. The summed E-state index contributed by atoms with van der Waals surface area (Å²) in [5.41, 5.74) is 8.33. The molecule has 0 unspecified atom stereocenters. The Balaban J connectivity index is 2.26. The Morgan fingerprint density at radius 2 is 1.57 bits per heavy atom. The molecule has 2 nitrogen and oxygen atoms in total. The molecule has 1 aromatic carbocycles. The van der Waals surface area contributed by atoms with Crippen molar-refractivity contribution in [1.29, 1.82) is 0 Å². The van der Waals surface area contributed by atoms with Gasteiger partial charge in [-0.15, -0.1) is 0 Å². The summed E-state index contributed by atoms with van der Waals surface area (Å²) in [6.45, 7) is 6.46. The minimum atomic E-state index is 0.987. The quantitative estimate of drug-likeness (QED) is 0.674. The number of pyridine rings is 2. The fraction of sp³-hybridized carbons (Fsp3) is 0.158. The van der Waals surface area contributed by atoms with E-state index in [0.29, 0.717) is 0 Å². The van der Waals surface area contributed by atoms with E-state index in [0.717, 1.165) is 11.3 Å². The monoisotopic (exact) mass is 274 g/mol. The Hall–Kier alpha value is -2.48. The van der Waals surface area contributed by atoms with Gasteiger partial charge >= 0.3 is 0 Å². The van der Waals surface area contributed by atoms with Crippen LogP contribution in [0.15, 0.2) is 55.0 Å². The first kappa shape index (κ1) is 13.5. The molecule has 3 aromatic rings. The molecule has 0 atom stereocenters. The largest absolute Gasteiger partial charge is 0.264 e. The van der Waals surface area contributed by atoms with Crippen molar-refractivity contribution in [3.63, 3.8) is 0 Å². The van der Waals surface area contributed by atoms with Crippen LogP contribution in [0.25, 0.3) is 22.4 Å². The zero-order valence-electron chi connectivity index (χ0n) is 12.6. The summed E-state index contributed by atoms with van der Waals surface area (Å²) < 4.78 is 0. The van der Waals surface area contributed by atoms with E-state index in [2.05, 4.69) is 55.0 Å². The molecule has 2 aromatic heterocycles. The van der Waals surface area contributed by atoms with Crippen molar-refractivity contribution < 1.29 is 0 Å². The summed E-state index contributed by atoms with van der Waals surface area (Å²) in [6.07, 6.45) is 5.49. The fourth-order valence-electron chi connectivity index (χ4n) is 2.94. The Kier molecular flexibility index (Phi) is 3.53. The molecule has 2 heteroatoms. The van der Waals surface area contributed by atoms with Crippen LogP contribution < -0.4 is 0 Å². The molecule has 104 valence electrons. The normalized spacial score (nSPS) is 10.6. The number of rotatable bonds is 2. The summed E-state index contributed by atoms with van der Waals surface area (Å²) in [5.74, 6) is 0. The van der Waals surface area contributed by atoms with Crippen molar-refractivity contribution in [1.82, 2.24) is 9.97 Å². The molecule has 0 amide bonds. The van der Waals surface area contributed by atoms with Crippen molar-refractivity contribution in [3.8, 4) is 22.4 Å². The number of aryl methyl sites for hydroxylation is 3. The van der Waals surface area contributed by atoms with E-state index >= 15 is 0 Å². The molecule has 0 radical (unpaired) electrons. The maximum atomic E-state index is 4.59. The van der Waals surface area contributed by atoms with Gasteiger partial charge in [0.2, 0.25) is 0 Å². The molecule has 21 heavy (non-hydrogen) atoms. The summed E-state index contributed by atoms with van der Waals surface area (Å²) in [6, 6.07) is 12.6. The van der Waals surface area contributed by atoms with Gasteiger partial charge in [-0.25, -0.2) is 0 Å². The highest BCUT2D eigenvalue weighted by atomic mass is 14.7. The van der Waals surface area contributed by atoms with Gasteiger partial charge in [0.15, 0.2) is 0 Å². The number of nitrogens with zero attached hydrogens (tertiary/aromatic N) is 2. The van der Waals surface area contributed by atoms with E-state index in [1.165, 1.54) is 27.8 Å². The van der Waals surface area contributed by atoms with Gasteiger partial charge < -0.3 is 0 Å². The topological polar surface area (TPSA) is 25.8 Å². The maximum absolute atomic E-state index is 4.59. The zero-order valence-corrected chi connectivity index (χ0v) is 12.6. The highest BCUT2D eigenvalue weighted by Gasteiger charge is 2.13. The lowest BCUT2D eigenvalue weighted by Crippen LogP contribution is -1.94. The average molecular weight is 274 g/mol. The van der Waals surface area contributed by atoms with Crippen LogP contribution in [0.4, 0.5) is 0 Å². The SMILES string of the molecule is Cc1cc(C)c(-c2cccnc2-c2cccnc2)c(C)c1. The Morgan fingerprint density at radius 1 is 0.857 bits per heavy atom. The molecule has 0 saturated carbocycles. The summed E-state index contributed by atoms with van der Waals surface area (Å²) in [7, 11) is 0. The van der Waals surface area contributed by atoms with Gasteiger partial charge in [-0.2, -0.15) is 0 Å². The average Bonchev–Trinajstić information content (AvgIpc) is 2.48. The van der Waals surface area contributed by atoms with E-state index in [9.17, 15) is 0 Å². The molecule has 0 N–H and O–H groups in total. The van der Waals surface area contributed by atoms with Crippen LogP contribution in [0.5, 0.6) is 0 Å². The first-order chi connectivity index (χ1) is 10.2. The van der Waals surface area contributed by atoms with Crippen molar-refractivity contribution in [2.45, 2.75) is 20.8 Å². The minimum Gasteiger partial charge on any atom is -0.264 e. The second-order valence-corrected chi connectivity index (χ2v) is 5.41. The molecule has 0 bridgehead atoms. The molecule has 0 saturated heterocycles. The summed E-state index contributed by atoms with van der Waals surface area (Å²) >= 11 is 0. The Morgan fingerprint density at radius 3 is 2.24 bits per heavy atom. The zero-order chi connectivity index (χ0) is 14.8. The third kappa shape index (κ3) is 2.57. The van der Waals surface area contributed by atoms with E-state index in [-0.39, 0.29) is 0 Å². The third-order valence-electron chi connectivity index (χ3n) is 3.69. The first-order valence-corrected chi connectivity index (χ1v) is 7.10. The van der Waals surface area contributed by atoms with Crippen LogP contribution in [-0.4, -0.2) is 9.97 Å². The predicted octanol–water partition coefficient (Wildman–Crippen LogP) is 4.74.